The summed E-state index contributed by atoms with van der Waals surface area (Å²) in [5.74, 6) is 0. The number of nitrogens with zero attached hydrogens (tertiary/aromatic N) is 1. The highest BCUT2D eigenvalue weighted by molar-refractivity contribution is 5.59. The van der Waals surface area contributed by atoms with Gasteiger partial charge in [0.1, 0.15) is 6.23 Å². The molecule has 0 aliphatic rings. The van der Waals surface area contributed by atoms with Gasteiger partial charge >= 0.3 is 0 Å². The van der Waals surface area contributed by atoms with Crippen LogP contribution >= 0.6 is 0 Å². The van der Waals surface area contributed by atoms with E-state index in [1.54, 1.807) is 13.1 Å². The fraction of sp³-hybridized carbons (Fsp3) is 0.857. The normalized spacial score (nSPS) is 14.9. The van der Waals surface area contributed by atoms with Crippen LogP contribution in [-0.4, -0.2) is 30.1 Å². The number of rotatable bonds is 4. The Hall–Kier alpha value is -0.410. The molecule has 0 fully saturated rings. The van der Waals surface area contributed by atoms with Gasteiger partial charge in [-0.2, -0.15) is 0 Å². The molecule has 0 bridgehead atoms. The summed E-state index contributed by atoms with van der Waals surface area (Å²) < 4.78 is 0. The lowest BCUT2D eigenvalue weighted by molar-refractivity contribution is 0.206. The molecule has 10 heavy (non-hydrogen) atoms. The average Bonchev–Trinajstić information content (AvgIpc) is 1.79. The van der Waals surface area contributed by atoms with Crippen molar-refractivity contribution in [2.75, 3.05) is 6.54 Å². The maximum atomic E-state index is 8.69. The van der Waals surface area contributed by atoms with Crippen molar-refractivity contribution in [3.8, 4) is 0 Å². The summed E-state index contributed by atoms with van der Waals surface area (Å²) in [5.41, 5.74) is 0. The van der Waals surface area contributed by atoms with Crippen molar-refractivity contribution in [3.05, 3.63) is 0 Å². The number of nitrogens with one attached hydrogen (secondary N) is 1. The lowest BCUT2D eigenvalue weighted by atomic mass is 10.4. The smallest absolute Gasteiger partial charge is 0.142 e. The largest absolute Gasteiger partial charge is 0.372 e. The third kappa shape index (κ3) is 7.59. The Morgan fingerprint density at radius 2 is 2.10 bits per heavy atom. The fourth-order valence-corrected chi connectivity index (χ4v) is 0.494. The van der Waals surface area contributed by atoms with Crippen molar-refractivity contribution in [2.24, 2.45) is 4.99 Å². The van der Waals surface area contributed by atoms with Gasteiger partial charge in [0, 0.05) is 18.8 Å². The number of aliphatic imine (C=N–C) groups is 1. The van der Waals surface area contributed by atoms with Crippen molar-refractivity contribution < 1.29 is 5.11 Å². The van der Waals surface area contributed by atoms with E-state index in [4.69, 9.17) is 5.11 Å². The minimum absolute atomic E-state index is 0.473. The second-order valence-electron chi connectivity index (χ2n) is 2.53. The van der Waals surface area contributed by atoms with Gasteiger partial charge in [-0.3, -0.25) is 4.99 Å². The van der Waals surface area contributed by atoms with Crippen LogP contribution in [0, 0.1) is 0 Å². The second-order valence-corrected chi connectivity index (χ2v) is 2.53. The number of hydrogen-bond donors (Lipinski definition) is 2. The van der Waals surface area contributed by atoms with Gasteiger partial charge in [0.25, 0.3) is 0 Å². The van der Waals surface area contributed by atoms with Crippen molar-refractivity contribution in [1.82, 2.24) is 5.32 Å². The molecule has 0 amide bonds. The Morgan fingerprint density at radius 1 is 1.50 bits per heavy atom. The molecular formula is C7H16N2O. The van der Waals surface area contributed by atoms with Crippen molar-refractivity contribution in [3.63, 3.8) is 0 Å². The first kappa shape index (κ1) is 9.59. The molecule has 60 valence electrons. The number of aliphatic hydroxyl groups excluding tert-OH is 1. The summed E-state index contributed by atoms with van der Waals surface area (Å²) in [6.45, 7) is 6.49. The van der Waals surface area contributed by atoms with Crippen LogP contribution in [0.1, 0.15) is 20.8 Å². The van der Waals surface area contributed by atoms with Crippen molar-refractivity contribution in [2.45, 2.75) is 33.0 Å². The standard InChI is InChI=1S/C7H16N2O/c1-6(2)8-4-5-9-7(3)10/h5-8,10H,4H2,1-3H3. The van der Waals surface area contributed by atoms with Crippen LogP contribution in [0.4, 0.5) is 0 Å². The predicted octanol–water partition coefficient (Wildman–Crippen LogP) is 0.394. The summed E-state index contributed by atoms with van der Waals surface area (Å²) in [5, 5.41) is 11.8. The first-order valence-electron chi connectivity index (χ1n) is 3.56. The molecule has 2 N–H and O–H groups in total. The highest BCUT2D eigenvalue weighted by Gasteiger charge is 1.88. The zero-order valence-corrected chi connectivity index (χ0v) is 6.83. The Labute approximate surface area is 62.2 Å². The quantitative estimate of drug-likeness (QED) is 0.561. The van der Waals surface area contributed by atoms with Crippen LogP contribution in [0.3, 0.4) is 0 Å². The molecule has 0 heterocycles. The lowest BCUT2D eigenvalue weighted by Gasteiger charge is -2.03. The van der Waals surface area contributed by atoms with E-state index in [9.17, 15) is 0 Å². The van der Waals surface area contributed by atoms with Gasteiger partial charge in [0.15, 0.2) is 0 Å². The van der Waals surface area contributed by atoms with Gasteiger partial charge < -0.3 is 10.4 Å². The molecule has 0 aliphatic heterocycles. The summed E-state index contributed by atoms with van der Waals surface area (Å²) in [6.07, 6.45) is 1.11. The first-order valence-corrected chi connectivity index (χ1v) is 3.56. The molecule has 0 radical (unpaired) electrons. The van der Waals surface area contributed by atoms with E-state index in [2.05, 4.69) is 24.2 Å². The molecule has 1 atom stereocenters. The van der Waals surface area contributed by atoms with Gasteiger partial charge in [-0.15, -0.1) is 0 Å². The van der Waals surface area contributed by atoms with Crippen molar-refractivity contribution in [1.29, 1.82) is 0 Å². The van der Waals surface area contributed by atoms with E-state index in [1.165, 1.54) is 0 Å². The zero-order chi connectivity index (χ0) is 7.98. The van der Waals surface area contributed by atoms with E-state index in [0.717, 1.165) is 6.54 Å². The van der Waals surface area contributed by atoms with Gasteiger partial charge in [-0.05, 0) is 6.92 Å². The molecule has 0 rings (SSSR count). The molecule has 0 aromatic carbocycles. The third-order valence-corrected chi connectivity index (χ3v) is 0.939. The summed E-state index contributed by atoms with van der Waals surface area (Å²) >= 11 is 0. The second kappa shape index (κ2) is 5.38. The minimum Gasteiger partial charge on any atom is -0.372 e. The van der Waals surface area contributed by atoms with Crippen molar-refractivity contribution >= 4 is 6.21 Å². The van der Waals surface area contributed by atoms with E-state index in [-0.39, 0.29) is 0 Å². The van der Waals surface area contributed by atoms with Gasteiger partial charge in [-0.25, -0.2) is 0 Å². The molecular weight excluding hydrogens is 128 g/mol. The first-order chi connectivity index (χ1) is 4.63. The molecule has 3 heteroatoms. The molecule has 3 nitrogen and oxygen atoms in total. The van der Waals surface area contributed by atoms with Crippen LogP contribution < -0.4 is 5.32 Å². The molecule has 0 aromatic rings. The van der Waals surface area contributed by atoms with Crippen LogP contribution in [0.25, 0.3) is 0 Å². The van der Waals surface area contributed by atoms with Gasteiger partial charge in [0.05, 0.1) is 0 Å². The van der Waals surface area contributed by atoms with Crippen LogP contribution in [0.5, 0.6) is 0 Å². The Bertz CT molecular complexity index is 99.8. The molecule has 0 saturated carbocycles. The highest BCUT2D eigenvalue weighted by Crippen LogP contribution is 1.78. The van der Waals surface area contributed by atoms with E-state index >= 15 is 0 Å². The molecule has 0 aromatic heterocycles. The SMILES string of the molecule is CC(O)N=CCNC(C)C. The third-order valence-electron chi connectivity index (χ3n) is 0.939. The van der Waals surface area contributed by atoms with Gasteiger partial charge in [0.2, 0.25) is 0 Å². The maximum Gasteiger partial charge on any atom is 0.142 e. The monoisotopic (exact) mass is 144 g/mol. The average molecular weight is 144 g/mol. The molecule has 0 saturated heterocycles. The fourth-order valence-electron chi connectivity index (χ4n) is 0.494. The maximum absolute atomic E-state index is 8.69. The minimum atomic E-state index is -0.575. The summed E-state index contributed by atoms with van der Waals surface area (Å²) in [4.78, 5) is 3.76. The van der Waals surface area contributed by atoms with E-state index in [1.807, 2.05) is 0 Å². The molecule has 1 unspecified atom stereocenters. The van der Waals surface area contributed by atoms with Crippen LogP contribution in [0.2, 0.25) is 0 Å². The Morgan fingerprint density at radius 3 is 2.50 bits per heavy atom. The Balaban J connectivity index is 3.19. The molecule has 0 spiro atoms. The topological polar surface area (TPSA) is 44.6 Å². The van der Waals surface area contributed by atoms with E-state index < -0.39 is 6.23 Å². The number of aliphatic hydroxyl groups is 1. The highest BCUT2D eigenvalue weighted by atomic mass is 16.3. The summed E-state index contributed by atoms with van der Waals surface area (Å²) in [7, 11) is 0. The number of hydrogen-bond acceptors (Lipinski definition) is 3. The van der Waals surface area contributed by atoms with Crippen LogP contribution in [0.15, 0.2) is 4.99 Å². The van der Waals surface area contributed by atoms with Crippen LogP contribution in [-0.2, 0) is 0 Å². The van der Waals surface area contributed by atoms with E-state index in [0.29, 0.717) is 6.04 Å². The Kier molecular flexibility index (Phi) is 5.16. The molecule has 0 aliphatic carbocycles. The summed E-state index contributed by atoms with van der Waals surface area (Å²) in [6, 6.07) is 0.473. The predicted molar refractivity (Wildman–Crippen MR) is 43.3 cm³/mol. The van der Waals surface area contributed by atoms with Gasteiger partial charge in [-0.1, -0.05) is 13.8 Å². The zero-order valence-electron chi connectivity index (χ0n) is 6.83. The lowest BCUT2D eigenvalue weighted by Crippen LogP contribution is -2.24.